The Hall–Kier alpha value is -2.35. The van der Waals surface area contributed by atoms with E-state index < -0.39 is 0 Å². The van der Waals surface area contributed by atoms with Crippen molar-refractivity contribution >= 4 is 23.2 Å². The normalized spacial score (nSPS) is 20.4. The van der Waals surface area contributed by atoms with Gasteiger partial charge in [-0.05, 0) is 19.8 Å². The molecule has 0 bridgehead atoms. The van der Waals surface area contributed by atoms with Crippen LogP contribution in [0.1, 0.15) is 36.9 Å². The van der Waals surface area contributed by atoms with Crippen LogP contribution in [-0.4, -0.2) is 50.8 Å². The van der Waals surface area contributed by atoms with E-state index in [9.17, 15) is 9.59 Å². The molecule has 2 heterocycles. The van der Waals surface area contributed by atoms with E-state index in [2.05, 4.69) is 20.3 Å². The molecule has 1 unspecified atom stereocenters. The summed E-state index contributed by atoms with van der Waals surface area (Å²) in [4.78, 5) is 38.4. The Labute approximate surface area is 150 Å². The van der Waals surface area contributed by atoms with Crippen LogP contribution in [0.5, 0.6) is 0 Å². The van der Waals surface area contributed by atoms with Crippen LogP contribution in [0.4, 0.5) is 0 Å². The van der Waals surface area contributed by atoms with Crippen LogP contribution >= 0.6 is 11.3 Å². The summed E-state index contributed by atoms with van der Waals surface area (Å²) in [5.74, 6) is -0.255. The zero-order valence-electron chi connectivity index (χ0n) is 14.3. The van der Waals surface area contributed by atoms with E-state index in [-0.39, 0.29) is 29.8 Å². The summed E-state index contributed by atoms with van der Waals surface area (Å²) in [6.45, 7) is 1.84. The van der Waals surface area contributed by atoms with E-state index >= 15 is 0 Å². The van der Waals surface area contributed by atoms with Gasteiger partial charge >= 0.3 is 0 Å². The lowest BCUT2D eigenvalue weighted by molar-refractivity contribution is -0.133. The van der Waals surface area contributed by atoms with Gasteiger partial charge in [0.1, 0.15) is 6.33 Å². The Kier molecular flexibility index (Phi) is 5.37. The van der Waals surface area contributed by atoms with E-state index in [0.717, 1.165) is 24.1 Å². The number of rotatable bonds is 6. The van der Waals surface area contributed by atoms with E-state index in [4.69, 9.17) is 0 Å². The van der Waals surface area contributed by atoms with Crippen molar-refractivity contribution in [3.05, 3.63) is 40.9 Å². The first-order chi connectivity index (χ1) is 12.0. The Bertz CT molecular complexity index is 716. The van der Waals surface area contributed by atoms with Crippen LogP contribution in [0.3, 0.4) is 0 Å². The summed E-state index contributed by atoms with van der Waals surface area (Å²) >= 11 is 1.49. The Morgan fingerprint density at radius 1 is 1.36 bits per heavy atom. The average molecular weight is 359 g/mol. The molecule has 2 aromatic heterocycles. The van der Waals surface area contributed by atoms with Gasteiger partial charge in [-0.1, -0.05) is 0 Å². The van der Waals surface area contributed by atoms with Crippen LogP contribution in [0.15, 0.2) is 29.6 Å². The minimum absolute atomic E-state index is 0.0327. The second-order valence-electron chi connectivity index (χ2n) is 6.39. The maximum Gasteiger partial charge on any atom is 0.228 e. The number of carbonyl (C=O) groups is 2. The highest BCUT2D eigenvalue weighted by Gasteiger charge is 2.35. The molecule has 1 aliphatic carbocycles. The summed E-state index contributed by atoms with van der Waals surface area (Å²) in [6, 6.07) is 0.283. The van der Waals surface area contributed by atoms with Crippen molar-refractivity contribution in [3.63, 3.8) is 0 Å². The molecule has 3 rings (SSSR count). The van der Waals surface area contributed by atoms with Gasteiger partial charge in [0.05, 0.1) is 23.5 Å². The van der Waals surface area contributed by atoms with Gasteiger partial charge in [-0.15, -0.1) is 11.3 Å². The fraction of sp³-hybridized carbons (Fsp3) is 0.471. The molecular weight excluding hydrogens is 338 g/mol. The smallest absolute Gasteiger partial charge is 0.228 e. The van der Waals surface area contributed by atoms with E-state index in [1.807, 2.05) is 19.4 Å². The van der Waals surface area contributed by atoms with Crippen molar-refractivity contribution in [1.29, 1.82) is 0 Å². The molecular formula is C17H21N5O2S. The highest BCUT2D eigenvalue weighted by atomic mass is 32.1. The van der Waals surface area contributed by atoms with Gasteiger partial charge in [0.15, 0.2) is 0 Å². The second-order valence-corrected chi connectivity index (χ2v) is 7.10. The Balaban J connectivity index is 1.44. The standard InChI is InChI=1S/C17H21N5O2S/c1-11(12-6-18-9-19-7-12)17(24)21-13-3-15(4-13)22(2)16(23)5-14-8-25-10-20-14/h6-11,13,15H,3-5H2,1-2H3,(H,21,24). The first kappa shape index (κ1) is 17.5. The average Bonchev–Trinajstić information content (AvgIpc) is 3.10. The highest BCUT2D eigenvalue weighted by molar-refractivity contribution is 7.07. The Morgan fingerprint density at radius 2 is 2.08 bits per heavy atom. The predicted molar refractivity (Wildman–Crippen MR) is 94.0 cm³/mol. The first-order valence-electron chi connectivity index (χ1n) is 8.22. The largest absolute Gasteiger partial charge is 0.353 e. The van der Waals surface area contributed by atoms with Gasteiger partial charge in [-0.2, -0.15) is 0 Å². The number of amides is 2. The molecule has 25 heavy (non-hydrogen) atoms. The zero-order chi connectivity index (χ0) is 17.8. The predicted octanol–water partition coefficient (Wildman–Crippen LogP) is 1.38. The van der Waals surface area contributed by atoms with Crippen LogP contribution < -0.4 is 5.32 Å². The lowest BCUT2D eigenvalue weighted by Gasteiger charge is -2.41. The molecule has 1 saturated carbocycles. The topological polar surface area (TPSA) is 88.1 Å². The molecule has 0 aromatic carbocycles. The third-order valence-electron chi connectivity index (χ3n) is 4.69. The third-order valence-corrected chi connectivity index (χ3v) is 5.33. The van der Waals surface area contributed by atoms with Crippen molar-refractivity contribution < 1.29 is 9.59 Å². The molecule has 8 heteroatoms. The molecule has 1 N–H and O–H groups in total. The lowest BCUT2D eigenvalue weighted by atomic mass is 9.85. The zero-order valence-corrected chi connectivity index (χ0v) is 15.1. The maximum atomic E-state index is 12.3. The van der Waals surface area contributed by atoms with Crippen LogP contribution in [0.25, 0.3) is 0 Å². The molecule has 1 atom stereocenters. The number of likely N-dealkylation sites (N-methyl/N-ethyl adjacent to an activating group) is 1. The number of nitrogens with one attached hydrogen (secondary N) is 1. The van der Waals surface area contributed by atoms with Crippen molar-refractivity contribution in [3.8, 4) is 0 Å². The minimum atomic E-state index is -0.288. The molecule has 0 aliphatic heterocycles. The van der Waals surface area contributed by atoms with Crippen molar-refractivity contribution in [2.24, 2.45) is 0 Å². The maximum absolute atomic E-state index is 12.3. The number of hydrogen-bond acceptors (Lipinski definition) is 6. The van der Waals surface area contributed by atoms with Gasteiger partial charge < -0.3 is 10.2 Å². The van der Waals surface area contributed by atoms with Crippen molar-refractivity contribution in [1.82, 2.24) is 25.2 Å². The molecule has 1 aliphatic rings. The van der Waals surface area contributed by atoms with Crippen LogP contribution in [0.2, 0.25) is 0 Å². The van der Waals surface area contributed by atoms with Crippen molar-refractivity contribution in [2.75, 3.05) is 7.05 Å². The molecule has 2 aromatic rings. The van der Waals surface area contributed by atoms with Crippen LogP contribution in [0, 0.1) is 0 Å². The van der Waals surface area contributed by atoms with Crippen molar-refractivity contribution in [2.45, 2.75) is 44.2 Å². The summed E-state index contributed by atoms with van der Waals surface area (Å²) in [6.07, 6.45) is 6.66. The van der Waals surface area contributed by atoms with E-state index in [1.165, 1.54) is 17.7 Å². The fourth-order valence-corrected chi connectivity index (χ4v) is 3.40. The summed E-state index contributed by atoms with van der Waals surface area (Å²) in [5.41, 5.74) is 3.34. The fourth-order valence-electron chi connectivity index (χ4n) is 2.84. The number of nitrogens with zero attached hydrogens (tertiary/aromatic N) is 4. The lowest BCUT2D eigenvalue weighted by Crippen LogP contribution is -2.55. The molecule has 7 nitrogen and oxygen atoms in total. The van der Waals surface area contributed by atoms with E-state index in [0.29, 0.717) is 6.42 Å². The molecule has 0 saturated heterocycles. The highest BCUT2D eigenvalue weighted by Crippen LogP contribution is 2.26. The SMILES string of the molecule is CC(C(=O)NC1CC(N(C)C(=O)Cc2cscn2)C1)c1cncnc1. The van der Waals surface area contributed by atoms with Crippen LogP contribution in [-0.2, 0) is 16.0 Å². The molecule has 2 amide bonds. The molecule has 0 spiro atoms. The second kappa shape index (κ2) is 7.69. The Morgan fingerprint density at radius 3 is 2.72 bits per heavy atom. The molecule has 1 fully saturated rings. The number of carbonyl (C=O) groups excluding carboxylic acids is 2. The van der Waals surface area contributed by atoms with E-state index in [1.54, 1.807) is 22.8 Å². The molecule has 132 valence electrons. The number of hydrogen-bond donors (Lipinski definition) is 1. The summed E-state index contributed by atoms with van der Waals surface area (Å²) < 4.78 is 0. The molecule has 0 radical (unpaired) electrons. The van der Waals surface area contributed by atoms with Gasteiger partial charge in [0, 0.05) is 42.5 Å². The van der Waals surface area contributed by atoms with Gasteiger partial charge in [-0.25, -0.2) is 15.0 Å². The minimum Gasteiger partial charge on any atom is -0.353 e. The quantitative estimate of drug-likeness (QED) is 0.842. The first-order valence-corrected chi connectivity index (χ1v) is 9.17. The third kappa shape index (κ3) is 4.19. The summed E-state index contributed by atoms with van der Waals surface area (Å²) in [7, 11) is 1.82. The number of aromatic nitrogens is 3. The summed E-state index contributed by atoms with van der Waals surface area (Å²) in [5, 5.41) is 4.93. The van der Waals surface area contributed by atoms with Gasteiger partial charge in [-0.3, -0.25) is 9.59 Å². The number of thiazole rings is 1. The monoisotopic (exact) mass is 359 g/mol. The van der Waals surface area contributed by atoms with Gasteiger partial charge in [0.2, 0.25) is 11.8 Å². The van der Waals surface area contributed by atoms with Gasteiger partial charge in [0.25, 0.3) is 0 Å².